The first-order valence-corrected chi connectivity index (χ1v) is 7.14. The molecule has 0 unspecified atom stereocenters. The Bertz CT molecular complexity index is 821. The van der Waals surface area contributed by atoms with E-state index in [1.165, 1.54) is 11.3 Å². The van der Waals surface area contributed by atoms with Crippen LogP contribution in [-0.2, 0) is 0 Å². The number of nitrogens with zero attached hydrogens (tertiary/aromatic N) is 2. The van der Waals surface area contributed by atoms with Crippen molar-refractivity contribution in [1.29, 1.82) is 0 Å². The van der Waals surface area contributed by atoms with Crippen LogP contribution in [-0.4, -0.2) is 15.9 Å². The van der Waals surface area contributed by atoms with Crippen LogP contribution in [0, 0.1) is 11.6 Å². The van der Waals surface area contributed by atoms with Crippen molar-refractivity contribution < 1.29 is 13.6 Å². The second-order valence-corrected chi connectivity index (χ2v) is 5.21. The molecule has 0 radical (unpaired) electrons. The molecule has 0 saturated carbocycles. The predicted molar refractivity (Wildman–Crippen MR) is 79.7 cm³/mol. The molecule has 0 bridgehead atoms. The molecule has 0 aliphatic heterocycles. The molecule has 1 aromatic carbocycles. The summed E-state index contributed by atoms with van der Waals surface area (Å²) in [5.74, 6) is -2.32. The molecule has 0 saturated heterocycles. The summed E-state index contributed by atoms with van der Waals surface area (Å²) in [4.78, 5) is 20.1. The lowest BCUT2D eigenvalue weighted by atomic mass is 10.2. The molecule has 0 atom stereocenters. The maximum atomic E-state index is 13.5. The van der Waals surface area contributed by atoms with Gasteiger partial charge < -0.3 is 0 Å². The summed E-state index contributed by atoms with van der Waals surface area (Å²) in [5.41, 5.74) is 1.31. The number of amides is 1. The van der Waals surface area contributed by atoms with Gasteiger partial charge in [0.1, 0.15) is 11.6 Å². The van der Waals surface area contributed by atoms with E-state index in [2.05, 4.69) is 15.3 Å². The van der Waals surface area contributed by atoms with E-state index in [0.29, 0.717) is 16.9 Å². The number of thiazole rings is 1. The van der Waals surface area contributed by atoms with Crippen LogP contribution in [0.3, 0.4) is 0 Å². The summed E-state index contributed by atoms with van der Waals surface area (Å²) in [7, 11) is 0. The van der Waals surface area contributed by atoms with E-state index >= 15 is 0 Å². The van der Waals surface area contributed by atoms with E-state index in [-0.39, 0.29) is 5.56 Å². The molecule has 0 aliphatic carbocycles. The van der Waals surface area contributed by atoms with E-state index in [1.54, 1.807) is 29.9 Å². The number of aromatic nitrogens is 2. The van der Waals surface area contributed by atoms with Crippen molar-refractivity contribution in [2.24, 2.45) is 0 Å². The van der Waals surface area contributed by atoms with E-state index in [4.69, 9.17) is 0 Å². The van der Waals surface area contributed by atoms with E-state index in [1.807, 2.05) is 0 Å². The molecule has 110 valence electrons. The van der Waals surface area contributed by atoms with Crippen LogP contribution in [0.4, 0.5) is 13.9 Å². The molecule has 1 amide bonds. The zero-order valence-corrected chi connectivity index (χ0v) is 11.9. The largest absolute Gasteiger partial charge is 0.298 e. The Hall–Kier alpha value is -2.67. The molecule has 0 fully saturated rings. The Kier molecular flexibility index (Phi) is 3.88. The molecule has 4 nitrogen and oxygen atoms in total. The lowest BCUT2D eigenvalue weighted by Gasteiger charge is -2.03. The van der Waals surface area contributed by atoms with Crippen molar-refractivity contribution in [1.82, 2.24) is 9.97 Å². The van der Waals surface area contributed by atoms with Crippen LogP contribution in [0.15, 0.2) is 48.1 Å². The fraction of sp³-hybridized carbons (Fsp3) is 0. The first kappa shape index (κ1) is 14.3. The third-order valence-corrected chi connectivity index (χ3v) is 3.63. The van der Waals surface area contributed by atoms with Crippen LogP contribution in [0.1, 0.15) is 10.4 Å². The molecule has 22 heavy (non-hydrogen) atoms. The van der Waals surface area contributed by atoms with Gasteiger partial charge >= 0.3 is 0 Å². The third kappa shape index (κ3) is 2.99. The second kappa shape index (κ2) is 5.98. The maximum absolute atomic E-state index is 13.5. The average Bonchev–Trinajstić information content (AvgIpc) is 2.96. The standard InChI is InChI=1S/C15H9F2N3OS/c16-10-1-2-11(12(17)7-10)14(21)20-15-19-13(8-22-15)9-3-5-18-6-4-9/h1-8H,(H,19,20,21). The highest BCUT2D eigenvalue weighted by atomic mass is 32.1. The van der Waals surface area contributed by atoms with Crippen molar-refractivity contribution in [3.63, 3.8) is 0 Å². The first-order valence-electron chi connectivity index (χ1n) is 6.26. The number of nitrogens with one attached hydrogen (secondary N) is 1. The number of carbonyl (C=O) groups excluding carboxylic acids is 1. The smallest absolute Gasteiger partial charge is 0.260 e. The molecule has 7 heteroatoms. The maximum Gasteiger partial charge on any atom is 0.260 e. The summed E-state index contributed by atoms with van der Waals surface area (Å²) < 4.78 is 26.4. The highest BCUT2D eigenvalue weighted by molar-refractivity contribution is 7.14. The lowest BCUT2D eigenvalue weighted by molar-refractivity contribution is 0.102. The predicted octanol–water partition coefficient (Wildman–Crippen LogP) is 3.74. The molecular formula is C15H9F2N3OS. The topological polar surface area (TPSA) is 54.9 Å². The van der Waals surface area contributed by atoms with Crippen LogP contribution < -0.4 is 5.32 Å². The van der Waals surface area contributed by atoms with Crippen molar-refractivity contribution in [3.8, 4) is 11.3 Å². The summed E-state index contributed by atoms with van der Waals surface area (Å²) in [5, 5.41) is 4.60. The molecule has 3 rings (SSSR count). The second-order valence-electron chi connectivity index (χ2n) is 4.35. The number of halogens is 2. The Labute approximate surface area is 128 Å². The minimum atomic E-state index is -0.914. The Balaban J connectivity index is 1.79. The first-order chi connectivity index (χ1) is 10.6. The van der Waals surface area contributed by atoms with Gasteiger partial charge in [-0.25, -0.2) is 13.8 Å². The molecular weight excluding hydrogens is 308 g/mol. The van der Waals surface area contributed by atoms with Gasteiger partial charge in [0, 0.05) is 29.4 Å². The summed E-state index contributed by atoms with van der Waals surface area (Å²) in [6.07, 6.45) is 3.28. The fourth-order valence-corrected chi connectivity index (χ4v) is 2.54. The fourth-order valence-electron chi connectivity index (χ4n) is 1.82. The van der Waals surface area contributed by atoms with Crippen LogP contribution in [0.2, 0.25) is 0 Å². The molecule has 1 N–H and O–H groups in total. The molecule has 0 spiro atoms. The van der Waals surface area contributed by atoms with Gasteiger partial charge in [0.15, 0.2) is 5.13 Å². The van der Waals surface area contributed by atoms with Gasteiger partial charge in [0.25, 0.3) is 5.91 Å². The van der Waals surface area contributed by atoms with Crippen molar-refractivity contribution in [2.75, 3.05) is 5.32 Å². The van der Waals surface area contributed by atoms with Gasteiger partial charge in [-0.2, -0.15) is 0 Å². The Morgan fingerprint density at radius 1 is 1.14 bits per heavy atom. The zero-order chi connectivity index (χ0) is 15.5. The van der Waals surface area contributed by atoms with E-state index < -0.39 is 17.5 Å². The molecule has 3 aromatic rings. The van der Waals surface area contributed by atoms with Crippen LogP contribution in [0.5, 0.6) is 0 Å². The monoisotopic (exact) mass is 317 g/mol. The van der Waals surface area contributed by atoms with E-state index in [0.717, 1.165) is 17.7 Å². The van der Waals surface area contributed by atoms with Gasteiger partial charge in [0.2, 0.25) is 0 Å². The summed E-state index contributed by atoms with van der Waals surface area (Å²) in [6.45, 7) is 0. The molecule has 2 heterocycles. The van der Waals surface area contributed by atoms with Crippen molar-refractivity contribution in [2.45, 2.75) is 0 Å². The number of pyridine rings is 1. The number of rotatable bonds is 3. The van der Waals surface area contributed by atoms with Gasteiger partial charge in [-0.15, -0.1) is 11.3 Å². The number of hydrogen-bond donors (Lipinski definition) is 1. The molecule has 0 aliphatic rings. The van der Waals surface area contributed by atoms with Crippen LogP contribution >= 0.6 is 11.3 Å². The number of carbonyl (C=O) groups is 1. The lowest BCUT2D eigenvalue weighted by Crippen LogP contribution is -2.13. The highest BCUT2D eigenvalue weighted by Crippen LogP contribution is 2.24. The zero-order valence-electron chi connectivity index (χ0n) is 11.1. The minimum Gasteiger partial charge on any atom is -0.298 e. The summed E-state index contributed by atoms with van der Waals surface area (Å²) in [6, 6.07) is 6.37. The van der Waals surface area contributed by atoms with Gasteiger partial charge in [0.05, 0.1) is 11.3 Å². The van der Waals surface area contributed by atoms with Gasteiger partial charge in [-0.05, 0) is 24.3 Å². The highest BCUT2D eigenvalue weighted by Gasteiger charge is 2.14. The Morgan fingerprint density at radius 2 is 1.91 bits per heavy atom. The van der Waals surface area contributed by atoms with Gasteiger partial charge in [-0.1, -0.05) is 0 Å². The van der Waals surface area contributed by atoms with Crippen molar-refractivity contribution in [3.05, 3.63) is 65.3 Å². The van der Waals surface area contributed by atoms with Crippen molar-refractivity contribution >= 4 is 22.4 Å². The summed E-state index contributed by atoms with van der Waals surface area (Å²) >= 11 is 1.22. The minimum absolute atomic E-state index is 0.234. The number of anilines is 1. The van der Waals surface area contributed by atoms with Crippen LogP contribution in [0.25, 0.3) is 11.3 Å². The third-order valence-electron chi connectivity index (χ3n) is 2.88. The normalized spacial score (nSPS) is 10.5. The van der Waals surface area contributed by atoms with E-state index in [9.17, 15) is 13.6 Å². The average molecular weight is 317 g/mol. The Morgan fingerprint density at radius 3 is 2.64 bits per heavy atom. The molecule has 2 aromatic heterocycles. The SMILES string of the molecule is O=C(Nc1nc(-c2ccncc2)cs1)c1ccc(F)cc1F. The quantitative estimate of drug-likeness (QED) is 0.800. The van der Waals surface area contributed by atoms with Gasteiger partial charge in [-0.3, -0.25) is 15.1 Å². The number of benzene rings is 1. The number of hydrogen-bond acceptors (Lipinski definition) is 4.